The molecule has 2 aromatic rings. The van der Waals surface area contributed by atoms with Crippen LogP contribution in [0.4, 0.5) is 0 Å². The molecule has 0 bridgehead atoms. The molecule has 4 heteroatoms. The second kappa shape index (κ2) is 6.38. The average molecular weight is 276 g/mol. The molecule has 19 heavy (non-hydrogen) atoms. The van der Waals surface area contributed by atoms with E-state index in [0.717, 1.165) is 16.2 Å². The van der Waals surface area contributed by atoms with Crippen molar-refractivity contribution in [3.05, 3.63) is 52.2 Å². The quantitative estimate of drug-likeness (QED) is 0.881. The predicted octanol–water partition coefficient (Wildman–Crippen LogP) is 3.24. The largest absolute Gasteiger partial charge is 0.496 e. The fourth-order valence-corrected chi connectivity index (χ4v) is 2.88. The molecule has 0 aliphatic rings. The first-order valence-electron chi connectivity index (χ1n) is 6.07. The van der Waals surface area contributed by atoms with Gasteiger partial charge in [0.2, 0.25) is 0 Å². The first-order chi connectivity index (χ1) is 9.19. The Balaban J connectivity index is 2.06. The van der Waals surface area contributed by atoms with Crippen LogP contribution < -0.4 is 4.74 Å². The van der Waals surface area contributed by atoms with Crippen LogP contribution in [0.3, 0.4) is 0 Å². The molecule has 1 aromatic carbocycles. The van der Waals surface area contributed by atoms with Gasteiger partial charge in [-0.2, -0.15) is 0 Å². The van der Waals surface area contributed by atoms with Crippen LogP contribution in [-0.2, 0) is 17.6 Å². The molecule has 0 fully saturated rings. The van der Waals surface area contributed by atoms with Crippen molar-refractivity contribution in [2.45, 2.75) is 12.8 Å². The average Bonchev–Trinajstić information content (AvgIpc) is 2.87. The number of thiophene rings is 1. The molecular formula is C15H16O3S. The SMILES string of the molecule is COc1csc(CC(Cc2ccccc2)C(=O)O)c1. The number of rotatable bonds is 6. The van der Waals surface area contributed by atoms with E-state index in [9.17, 15) is 9.90 Å². The van der Waals surface area contributed by atoms with Crippen molar-refractivity contribution in [1.29, 1.82) is 0 Å². The van der Waals surface area contributed by atoms with Gasteiger partial charge < -0.3 is 9.84 Å². The van der Waals surface area contributed by atoms with E-state index in [4.69, 9.17) is 4.74 Å². The van der Waals surface area contributed by atoms with Gasteiger partial charge in [0.1, 0.15) is 5.75 Å². The van der Waals surface area contributed by atoms with E-state index in [1.165, 1.54) is 0 Å². The van der Waals surface area contributed by atoms with Gasteiger partial charge in [0.25, 0.3) is 0 Å². The number of hydrogen-bond donors (Lipinski definition) is 1. The normalized spacial score (nSPS) is 12.1. The van der Waals surface area contributed by atoms with E-state index in [0.29, 0.717) is 12.8 Å². The zero-order chi connectivity index (χ0) is 13.7. The second-order valence-electron chi connectivity index (χ2n) is 4.38. The van der Waals surface area contributed by atoms with Gasteiger partial charge in [-0.1, -0.05) is 30.3 Å². The van der Waals surface area contributed by atoms with Crippen molar-refractivity contribution in [2.24, 2.45) is 5.92 Å². The highest BCUT2D eigenvalue weighted by Gasteiger charge is 2.19. The summed E-state index contributed by atoms with van der Waals surface area (Å²) in [5.74, 6) is -0.356. The molecule has 0 amide bonds. The third-order valence-corrected chi connectivity index (χ3v) is 3.92. The highest BCUT2D eigenvalue weighted by atomic mass is 32.1. The number of carboxylic acid groups (broad SMARTS) is 1. The maximum Gasteiger partial charge on any atom is 0.307 e. The Labute approximate surface area is 116 Å². The Bertz CT molecular complexity index is 533. The van der Waals surface area contributed by atoms with Crippen molar-refractivity contribution in [1.82, 2.24) is 0 Å². The van der Waals surface area contributed by atoms with Crippen LogP contribution in [0.1, 0.15) is 10.4 Å². The van der Waals surface area contributed by atoms with Gasteiger partial charge in [-0.3, -0.25) is 4.79 Å². The van der Waals surface area contributed by atoms with Crippen LogP contribution >= 0.6 is 11.3 Å². The minimum atomic E-state index is -0.754. The van der Waals surface area contributed by atoms with Crippen molar-refractivity contribution in [2.75, 3.05) is 7.11 Å². The third-order valence-electron chi connectivity index (χ3n) is 2.99. The number of ether oxygens (including phenoxy) is 1. The number of carboxylic acids is 1. The zero-order valence-corrected chi connectivity index (χ0v) is 11.5. The third kappa shape index (κ3) is 3.83. The fourth-order valence-electron chi connectivity index (χ4n) is 1.96. The first-order valence-corrected chi connectivity index (χ1v) is 6.95. The van der Waals surface area contributed by atoms with Crippen LogP contribution in [0.15, 0.2) is 41.8 Å². The Morgan fingerprint density at radius 3 is 2.63 bits per heavy atom. The molecule has 1 atom stereocenters. The molecule has 3 nitrogen and oxygen atoms in total. The Kier molecular flexibility index (Phi) is 4.58. The number of hydrogen-bond acceptors (Lipinski definition) is 3. The highest BCUT2D eigenvalue weighted by Crippen LogP contribution is 2.25. The minimum absolute atomic E-state index is 0.397. The van der Waals surface area contributed by atoms with Crippen LogP contribution in [0.25, 0.3) is 0 Å². The molecule has 2 rings (SSSR count). The molecular weight excluding hydrogens is 260 g/mol. The van der Waals surface area contributed by atoms with Gasteiger partial charge in [-0.05, 0) is 24.5 Å². The fraction of sp³-hybridized carbons (Fsp3) is 0.267. The summed E-state index contributed by atoms with van der Waals surface area (Å²) in [6.07, 6.45) is 1.09. The van der Waals surface area contributed by atoms with Gasteiger partial charge in [0.15, 0.2) is 0 Å². The monoisotopic (exact) mass is 276 g/mol. The summed E-state index contributed by atoms with van der Waals surface area (Å²) >= 11 is 1.54. The lowest BCUT2D eigenvalue weighted by atomic mass is 9.96. The predicted molar refractivity (Wildman–Crippen MR) is 75.8 cm³/mol. The van der Waals surface area contributed by atoms with E-state index in [-0.39, 0.29) is 0 Å². The van der Waals surface area contributed by atoms with Crippen LogP contribution in [0.5, 0.6) is 5.75 Å². The lowest BCUT2D eigenvalue weighted by Crippen LogP contribution is -2.18. The van der Waals surface area contributed by atoms with E-state index in [1.54, 1.807) is 18.4 Å². The molecule has 0 aliphatic heterocycles. The maximum atomic E-state index is 11.4. The van der Waals surface area contributed by atoms with Crippen molar-refractivity contribution >= 4 is 17.3 Å². The summed E-state index contributed by atoms with van der Waals surface area (Å²) in [6.45, 7) is 0. The zero-order valence-electron chi connectivity index (χ0n) is 10.7. The van der Waals surface area contributed by atoms with Crippen molar-refractivity contribution in [3.8, 4) is 5.75 Å². The maximum absolute atomic E-state index is 11.4. The van der Waals surface area contributed by atoms with E-state index < -0.39 is 11.9 Å². The molecule has 0 radical (unpaired) electrons. The number of benzene rings is 1. The van der Waals surface area contributed by atoms with Crippen LogP contribution in [0.2, 0.25) is 0 Å². The summed E-state index contributed by atoms with van der Waals surface area (Å²) in [5, 5.41) is 11.2. The lowest BCUT2D eigenvalue weighted by molar-refractivity contribution is -0.141. The standard InChI is InChI=1S/C15H16O3S/c1-18-13-9-14(19-10-13)8-12(15(16)17)7-11-5-3-2-4-6-11/h2-6,9-10,12H,7-8H2,1H3,(H,16,17). The van der Waals surface area contributed by atoms with Crippen LogP contribution in [0, 0.1) is 5.92 Å². The molecule has 0 aliphatic carbocycles. The van der Waals surface area contributed by atoms with Crippen molar-refractivity contribution < 1.29 is 14.6 Å². The molecule has 1 aromatic heterocycles. The van der Waals surface area contributed by atoms with E-state index in [1.807, 2.05) is 41.8 Å². The number of methoxy groups -OCH3 is 1. The van der Waals surface area contributed by atoms with E-state index in [2.05, 4.69) is 0 Å². The summed E-state index contributed by atoms with van der Waals surface area (Å²) in [6, 6.07) is 11.6. The molecule has 0 spiro atoms. The van der Waals surface area contributed by atoms with Crippen LogP contribution in [-0.4, -0.2) is 18.2 Å². The smallest absolute Gasteiger partial charge is 0.307 e. The first kappa shape index (κ1) is 13.6. The molecule has 0 saturated carbocycles. The van der Waals surface area contributed by atoms with Gasteiger partial charge in [0.05, 0.1) is 13.0 Å². The molecule has 0 saturated heterocycles. The van der Waals surface area contributed by atoms with Gasteiger partial charge >= 0.3 is 5.97 Å². The second-order valence-corrected chi connectivity index (χ2v) is 5.38. The number of carbonyl (C=O) groups is 1. The highest BCUT2D eigenvalue weighted by molar-refractivity contribution is 7.10. The van der Waals surface area contributed by atoms with Gasteiger partial charge in [-0.15, -0.1) is 11.3 Å². The van der Waals surface area contributed by atoms with Crippen molar-refractivity contribution in [3.63, 3.8) is 0 Å². The summed E-state index contributed by atoms with van der Waals surface area (Å²) in [4.78, 5) is 12.4. The summed E-state index contributed by atoms with van der Waals surface area (Å²) < 4.78 is 5.12. The molecule has 1 unspecified atom stereocenters. The Morgan fingerprint density at radius 1 is 1.32 bits per heavy atom. The molecule has 100 valence electrons. The van der Waals surface area contributed by atoms with E-state index >= 15 is 0 Å². The topological polar surface area (TPSA) is 46.5 Å². The Morgan fingerprint density at radius 2 is 2.05 bits per heavy atom. The summed E-state index contributed by atoms with van der Waals surface area (Å²) in [7, 11) is 1.62. The Hall–Kier alpha value is -1.81. The molecule has 1 heterocycles. The number of aliphatic carboxylic acids is 1. The van der Waals surface area contributed by atoms with Gasteiger partial charge in [0, 0.05) is 10.3 Å². The van der Waals surface area contributed by atoms with Gasteiger partial charge in [-0.25, -0.2) is 0 Å². The lowest BCUT2D eigenvalue weighted by Gasteiger charge is -2.11. The molecule has 1 N–H and O–H groups in total. The minimum Gasteiger partial charge on any atom is -0.496 e. The summed E-state index contributed by atoms with van der Waals surface area (Å²) in [5.41, 5.74) is 1.05.